The van der Waals surface area contributed by atoms with Crippen molar-refractivity contribution < 1.29 is 9.53 Å². The molecule has 0 atom stereocenters. The van der Waals surface area contributed by atoms with Gasteiger partial charge in [0.05, 0.1) is 6.61 Å². The molecule has 0 aliphatic rings. The van der Waals surface area contributed by atoms with E-state index in [1.54, 1.807) is 0 Å². The second kappa shape index (κ2) is 15.5. The van der Waals surface area contributed by atoms with E-state index in [0.29, 0.717) is 13.0 Å². The lowest BCUT2D eigenvalue weighted by Crippen LogP contribution is -2.05. The highest BCUT2D eigenvalue weighted by molar-refractivity contribution is 5.69. The Hall–Kier alpha value is -0.530. The molecule has 0 aliphatic heterocycles. The van der Waals surface area contributed by atoms with Gasteiger partial charge < -0.3 is 4.74 Å². The molecule has 0 heterocycles. The third kappa shape index (κ3) is 15.4. The summed E-state index contributed by atoms with van der Waals surface area (Å²) in [6.07, 6.45) is 15.4. The molecular weight excluding hydrogens is 236 g/mol. The Morgan fingerprint density at radius 3 is 1.74 bits per heavy atom. The van der Waals surface area contributed by atoms with Crippen molar-refractivity contribution >= 4 is 5.97 Å². The maximum Gasteiger partial charge on any atom is 0.305 e. The van der Waals surface area contributed by atoms with E-state index < -0.39 is 0 Å². The van der Waals surface area contributed by atoms with Crippen LogP contribution in [-0.2, 0) is 9.53 Å². The van der Waals surface area contributed by atoms with Crippen molar-refractivity contribution in [1.29, 1.82) is 0 Å². The third-order valence-corrected chi connectivity index (χ3v) is 3.50. The molecule has 0 amide bonds. The molecule has 2 nitrogen and oxygen atoms in total. The minimum atomic E-state index is 0.00230. The fourth-order valence-corrected chi connectivity index (χ4v) is 2.19. The van der Waals surface area contributed by atoms with E-state index in [2.05, 4.69) is 13.8 Å². The Kier molecular flexibility index (Phi) is 15.1. The van der Waals surface area contributed by atoms with Gasteiger partial charge >= 0.3 is 5.97 Å². The van der Waals surface area contributed by atoms with Crippen molar-refractivity contribution in [1.82, 2.24) is 0 Å². The molecule has 0 fully saturated rings. The largest absolute Gasteiger partial charge is 0.466 e. The summed E-state index contributed by atoms with van der Waals surface area (Å²) in [6.45, 7) is 5.07. The highest BCUT2D eigenvalue weighted by atomic mass is 16.5. The fraction of sp³-hybridized carbons (Fsp3) is 0.941. The predicted octanol–water partition coefficient (Wildman–Crippen LogP) is 5.64. The summed E-state index contributed by atoms with van der Waals surface area (Å²) in [5, 5.41) is 0. The van der Waals surface area contributed by atoms with Crippen LogP contribution in [0.2, 0.25) is 0 Å². The molecule has 0 saturated heterocycles. The van der Waals surface area contributed by atoms with Crippen molar-refractivity contribution in [3.05, 3.63) is 0 Å². The van der Waals surface area contributed by atoms with Gasteiger partial charge in [-0.1, -0.05) is 78.1 Å². The number of hydrogen-bond donors (Lipinski definition) is 0. The van der Waals surface area contributed by atoms with Crippen molar-refractivity contribution in [3.63, 3.8) is 0 Å². The van der Waals surface area contributed by atoms with Crippen LogP contribution in [0.15, 0.2) is 0 Å². The summed E-state index contributed by atoms with van der Waals surface area (Å²) in [7, 11) is 0. The van der Waals surface area contributed by atoms with E-state index in [0.717, 1.165) is 12.8 Å². The molecule has 2 heteroatoms. The molecule has 0 bridgehead atoms. The van der Waals surface area contributed by atoms with Crippen LogP contribution in [0, 0.1) is 0 Å². The maximum atomic E-state index is 11.4. The molecule has 0 N–H and O–H groups in total. The average Bonchev–Trinajstić information content (AvgIpc) is 2.41. The average molecular weight is 270 g/mol. The quantitative estimate of drug-likeness (QED) is 0.301. The smallest absolute Gasteiger partial charge is 0.305 e. The first-order valence-electron chi connectivity index (χ1n) is 8.46. The molecule has 114 valence electrons. The first kappa shape index (κ1) is 18.5. The summed E-state index contributed by atoms with van der Waals surface area (Å²) in [5.41, 5.74) is 0. The molecular formula is C17H34O2. The number of unbranched alkanes of at least 4 members (excludes halogenated alkanes) is 10. The fourth-order valence-electron chi connectivity index (χ4n) is 2.19. The highest BCUT2D eigenvalue weighted by Crippen LogP contribution is 2.08. The minimum Gasteiger partial charge on any atom is -0.466 e. The van der Waals surface area contributed by atoms with E-state index in [1.165, 1.54) is 64.2 Å². The molecule has 0 spiro atoms. The number of rotatable bonds is 14. The molecule has 0 aliphatic carbocycles. The number of esters is 1. The normalized spacial score (nSPS) is 10.6. The second-order valence-corrected chi connectivity index (χ2v) is 5.51. The third-order valence-electron chi connectivity index (χ3n) is 3.50. The van der Waals surface area contributed by atoms with Crippen molar-refractivity contribution in [3.8, 4) is 0 Å². The molecule has 0 unspecified atom stereocenters. The Bertz CT molecular complexity index is 190. The van der Waals surface area contributed by atoms with Crippen LogP contribution >= 0.6 is 0 Å². The van der Waals surface area contributed by atoms with E-state index in [-0.39, 0.29) is 5.97 Å². The second-order valence-electron chi connectivity index (χ2n) is 5.51. The summed E-state index contributed by atoms with van der Waals surface area (Å²) >= 11 is 0. The zero-order chi connectivity index (χ0) is 14.2. The van der Waals surface area contributed by atoms with Gasteiger partial charge in [-0.2, -0.15) is 0 Å². The van der Waals surface area contributed by atoms with Gasteiger partial charge in [0.25, 0.3) is 0 Å². The summed E-state index contributed by atoms with van der Waals surface area (Å²) in [6, 6.07) is 0. The minimum absolute atomic E-state index is 0.00230. The highest BCUT2D eigenvalue weighted by Gasteiger charge is 2.02. The van der Waals surface area contributed by atoms with Crippen LogP contribution in [0.4, 0.5) is 0 Å². The molecule has 0 aromatic carbocycles. The van der Waals surface area contributed by atoms with Crippen molar-refractivity contribution in [2.24, 2.45) is 0 Å². The van der Waals surface area contributed by atoms with Gasteiger partial charge in [-0.25, -0.2) is 0 Å². The number of hydrogen-bond acceptors (Lipinski definition) is 2. The lowest BCUT2D eigenvalue weighted by atomic mass is 10.1. The van der Waals surface area contributed by atoms with Gasteiger partial charge in [0.1, 0.15) is 0 Å². The predicted molar refractivity (Wildman–Crippen MR) is 82.3 cm³/mol. The van der Waals surface area contributed by atoms with Gasteiger partial charge in [0, 0.05) is 6.42 Å². The van der Waals surface area contributed by atoms with Gasteiger partial charge in [-0.15, -0.1) is 0 Å². The van der Waals surface area contributed by atoms with E-state index in [1.807, 2.05) is 0 Å². The summed E-state index contributed by atoms with van der Waals surface area (Å²) in [4.78, 5) is 11.4. The zero-order valence-electron chi connectivity index (χ0n) is 13.2. The van der Waals surface area contributed by atoms with Crippen molar-refractivity contribution in [2.75, 3.05) is 6.61 Å². The first-order chi connectivity index (χ1) is 9.31. The summed E-state index contributed by atoms with van der Waals surface area (Å²) < 4.78 is 5.24. The van der Waals surface area contributed by atoms with Crippen molar-refractivity contribution in [2.45, 2.75) is 97.3 Å². The van der Waals surface area contributed by atoms with E-state index in [4.69, 9.17) is 4.74 Å². The number of carbonyl (C=O) groups excluding carboxylic acids is 1. The summed E-state index contributed by atoms with van der Waals surface area (Å²) in [5.74, 6) is 0.00230. The SMILES string of the molecule is CCCCCCCCCOC(=O)CCCCCCC. The van der Waals surface area contributed by atoms with Crippen LogP contribution in [0.1, 0.15) is 97.3 Å². The van der Waals surface area contributed by atoms with Gasteiger partial charge in [-0.05, 0) is 12.8 Å². The van der Waals surface area contributed by atoms with Gasteiger partial charge in [-0.3, -0.25) is 4.79 Å². The van der Waals surface area contributed by atoms with Gasteiger partial charge in [0.2, 0.25) is 0 Å². The van der Waals surface area contributed by atoms with Crippen LogP contribution < -0.4 is 0 Å². The Labute approximate surface area is 120 Å². The van der Waals surface area contributed by atoms with Crippen LogP contribution in [-0.4, -0.2) is 12.6 Å². The Morgan fingerprint density at radius 2 is 1.16 bits per heavy atom. The standard InChI is InChI=1S/C17H34O2/c1-3-5-7-9-10-12-14-16-19-17(18)15-13-11-8-6-4-2/h3-16H2,1-2H3. The molecule has 19 heavy (non-hydrogen) atoms. The molecule has 0 aromatic rings. The zero-order valence-corrected chi connectivity index (χ0v) is 13.2. The number of ether oxygens (including phenoxy) is 1. The molecule has 0 radical (unpaired) electrons. The maximum absolute atomic E-state index is 11.4. The monoisotopic (exact) mass is 270 g/mol. The van der Waals surface area contributed by atoms with Crippen LogP contribution in [0.25, 0.3) is 0 Å². The Balaban J connectivity index is 3.12. The van der Waals surface area contributed by atoms with Crippen LogP contribution in [0.3, 0.4) is 0 Å². The molecule has 0 saturated carbocycles. The molecule has 0 rings (SSSR count). The number of carbonyl (C=O) groups is 1. The molecule has 0 aromatic heterocycles. The van der Waals surface area contributed by atoms with Crippen LogP contribution in [0.5, 0.6) is 0 Å². The van der Waals surface area contributed by atoms with Gasteiger partial charge in [0.15, 0.2) is 0 Å². The lowest BCUT2D eigenvalue weighted by Gasteiger charge is -2.05. The first-order valence-corrected chi connectivity index (χ1v) is 8.46. The van der Waals surface area contributed by atoms with E-state index in [9.17, 15) is 4.79 Å². The van der Waals surface area contributed by atoms with E-state index >= 15 is 0 Å². The Morgan fingerprint density at radius 1 is 0.684 bits per heavy atom. The topological polar surface area (TPSA) is 26.3 Å². The lowest BCUT2D eigenvalue weighted by molar-refractivity contribution is -0.143.